The molecule has 21 heavy (non-hydrogen) atoms. The van der Waals surface area contributed by atoms with Gasteiger partial charge in [-0.1, -0.05) is 0 Å². The quantitative estimate of drug-likeness (QED) is 0.827. The van der Waals surface area contributed by atoms with Gasteiger partial charge in [-0.05, 0) is 31.4 Å². The van der Waals surface area contributed by atoms with Crippen molar-refractivity contribution in [3.05, 3.63) is 17.0 Å². The van der Waals surface area contributed by atoms with Crippen LogP contribution in [-0.2, 0) is 16.4 Å². The summed E-state index contributed by atoms with van der Waals surface area (Å²) in [6.45, 7) is -0.727. The van der Waals surface area contributed by atoms with Crippen LogP contribution in [-0.4, -0.2) is 45.1 Å². The molecule has 0 atom stereocenters. The van der Waals surface area contributed by atoms with E-state index >= 15 is 0 Å². The molecule has 0 radical (unpaired) electrons. The minimum atomic E-state index is -4.55. The highest BCUT2D eigenvalue weighted by atomic mass is 32.2. The topological polar surface area (TPSA) is 49.4 Å². The molecule has 4 nitrogen and oxygen atoms in total. The lowest BCUT2D eigenvalue weighted by atomic mass is 10.3. The zero-order valence-corrected chi connectivity index (χ0v) is 13.1. The third-order valence-corrected chi connectivity index (χ3v) is 6.50. The molecule has 0 bridgehead atoms. The zero-order chi connectivity index (χ0) is 15.7. The Morgan fingerprint density at radius 1 is 1.38 bits per heavy atom. The number of nitrogens with zero attached hydrogens (tertiary/aromatic N) is 1. The number of nitrogens with one attached hydrogen (secondary N) is 1. The molecule has 1 fully saturated rings. The van der Waals surface area contributed by atoms with E-state index in [-0.39, 0.29) is 4.21 Å². The van der Waals surface area contributed by atoms with Crippen LogP contribution in [0.25, 0.3) is 0 Å². The van der Waals surface area contributed by atoms with Gasteiger partial charge in [0.15, 0.2) is 0 Å². The summed E-state index contributed by atoms with van der Waals surface area (Å²) in [5, 5.41) is 3.30. The summed E-state index contributed by atoms with van der Waals surface area (Å²) in [4.78, 5) is 0.849. The SMILES string of the molecule is CN(CC(F)(F)F)S(=O)(=O)c1ccc(CCNC2CC2)s1. The highest BCUT2D eigenvalue weighted by Crippen LogP contribution is 2.27. The van der Waals surface area contributed by atoms with Gasteiger partial charge >= 0.3 is 6.18 Å². The minimum absolute atomic E-state index is 0.0457. The molecule has 120 valence electrons. The van der Waals surface area contributed by atoms with E-state index in [4.69, 9.17) is 0 Å². The summed E-state index contributed by atoms with van der Waals surface area (Å²) in [7, 11) is -3.13. The van der Waals surface area contributed by atoms with E-state index < -0.39 is 22.7 Å². The molecule has 1 heterocycles. The van der Waals surface area contributed by atoms with Crippen LogP contribution in [0.2, 0.25) is 0 Å². The molecule has 0 unspecified atom stereocenters. The Bertz CT molecular complexity index is 580. The molecule has 1 N–H and O–H groups in total. The molecule has 1 aromatic heterocycles. The van der Waals surface area contributed by atoms with Crippen molar-refractivity contribution >= 4 is 21.4 Å². The van der Waals surface area contributed by atoms with Gasteiger partial charge in [-0.15, -0.1) is 11.3 Å². The first-order chi connectivity index (χ1) is 9.68. The number of rotatable bonds is 7. The molecule has 0 aromatic carbocycles. The number of alkyl halides is 3. The van der Waals surface area contributed by atoms with Crippen molar-refractivity contribution in [1.82, 2.24) is 9.62 Å². The van der Waals surface area contributed by atoms with Gasteiger partial charge in [0.05, 0.1) is 0 Å². The Labute approximate surface area is 126 Å². The van der Waals surface area contributed by atoms with Crippen LogP contribution in [0.15, 0.2) is 16.3 Å². The summed E-state index contributed by atoms with van der Waals surface area (Å²) in [6.07, 6.45) is -1.52. The maximum atomic E-state index is 12.3. The Morgan fingerprint density at radius 3 is 2.62 bits per heavy atom. The van der Waals surface area contributed by atoms with Crippen molar-refractivity contribution in [3.8, 4) is 0 Å². The minimum Gasteiger partial charge on any atom is -0.314 e. The number of hydrogen-bond donors (Lipinski definition) is 1. The van der Waals surface area contributed by atoms with Crippen molar-refractivity contribution in [2.45, 2.75) is 35.7 Å². The normalized spacial score (nSPS) is 16.6. The highest BCUT2D eigenvalue weighted by molar-refractivity contribution is 7.91. The molecule has 9 heteroatoms. The number of halogens is 3. The smallest absolute Gasteiger partial charge is 0.314 e. The Kier molecular flexibility index (Phi) is 4.96. The number of thiophene rings is 1. The van der Waals surface area contributed by atoms with E-state index in [1.165, 1.54) is 18.9 Å². The molecular weight excluding hydrogens is 325 g/mol. The fourth-order valence-corrected chi connectivity index (χ4v) is 4.53. The summed E-state index contributed by atoms with van der Waals surface area (Å²) in [5.74, 6) is 0. The highest BCUT2D eigenvalue weighted by Gasteiger charge is 2.35. The number of sulfonamides is 1. The van der Waals surface area contributed by atoms with Gasteiger partial charge in [0, 0.05) is 24.5 Å². The molecule has 1 aliphatic rings. The molecular formula is C12H17F3N2O2S2. The first-order valence-corrected chi connectivity index (χ1v) is 8.79. The van der Waals surface area contributed by atoms with Crippen LogP contribution in [0.3, 0.4) is 0 Å². The van der Waals surface area contributed by atoms with Gasteiger partial charge in [0.25, 0.3) is 10.0 Å². The third kappa shape index (κ3) is 4.94. The molecule has 0 aliphatic heterocycles. The van der Waals surface area contributed by atoms with E-state index in [9.17, 15) is 21.6 Å². The van der Waals surface area contributed by atoms with Crippen molar-refractivity contribution in [2.24, 2.45) is 0 Å². The molecule has 0 spiro atoms. The largest absolute Gasteiger partial charge is 0.402 e. The zero-order valence-electron chi connectivity index (χ0n) is 11.5. The Morgan fingerprint density at radius 2 is 2.05 bits per heavy atom. The average Bonchev–Trinajstić information content (AvgIpc) is 3.03. The molecule has 2 rings (SSSR count). The van der Waals surface area contributed by atoms with Crippen molar-refractivity contribution < 1.29 is 21.6 Å². The van der Waals surface area contributed by atoms with Gasteiger partial charge in [-0.2, -0.15) is 17.5 Å². The van der Waals surface area contributed by atoms with Crippen LogP contribution in [0, 0.1) is 0 Å². The Balaban J connectivity index is 1.97. The molecule has 0 amide bonds. The van der Waals surface area contributed by atoms with Crippen LogP contribution in [0.4, 0.5) is 13.2 Å². The van der Waals surface area contributed by atoms with Gasteiger partial charge < -0.3 is 5.32 Å². The fourth-order valence-electron chi connectivity index (χ4n) is 1.81. The lowest BCUT2D eigenvalue weighted by Gasteiger charge is -2.17. The van der Waals surface area contributed by atoms with E-state index in [0.29, 0.717) is 16.8 Å². The second kappa shape index (κ2) is 6.23. The van der Waals surface area contributed by atoms with Crippen LogP contribution >= 0.6 is 11.3 Å². The second-order valence-corrected chi connectivity index (χ2v) is 8.52. The Hall–Kier alpha value is -0.640. The van der Waals surface area contributed by atoms with Crippen LogP contribution in [0.5, 0.6) is 0 Å². The van der Waals surface area contributed by atoms with Gasteiger partial charge in [-0.3, -0.25) is 0 Å². The monoisotopic (exact) mass is 342 g/mol. The van der Waals surface area contributed by atoms with E-state index in [2.05, 4.69) is 5.32 Å². The van der Waals surface area contributed by atoms with Crippen molar-refractivity contribution in [2.75, 3.05) is 20.1 Å². The number of hydrogen-bond acceptors (Lipinski definition) is 4. The third-order valence-electron chi connectivity index (χ3n) is 3.09. The van der Waals surface area contributed by atoms with E-state index in [0.717, 1.165) is 29.8 Å². The van der Waals surface area contributed by atoms with Crippen molar-refractivity contribution in [1.29, 1.82) is 0 Å². The van der Waals surface area contributed by atoms with Crippen LogP contribution < -0.4 is 5.32 Å². The van der Waals surface area contributed by atoms with Crippen LogP contribution in [0.1, 0.15) is 17.7 Å². The van der Waals surface area contributed by atoms with Gasteiger partial charge in [0.1, 0.15) is 10.8 Å². The van der Waals surface area contributed by atoms with Gasteiger partial charge in [-0.25, -0.2) is 8.42 Å². The average molecular weight is 342 g/mol. The maximum absolute atomic E-state index is 12.3. The first kappa shape index (κ1) is 16.7. The molecule has 1 saturated carbocycles. The summed E-state index contributed by atoms with van der Waals surface area (Å²) >= 11 is 1.03. The lowest BCUT2D eigenvalue weighted by molar-refractivity contribution is -0.134. The molecule has 1 aromatic rings. The predicted octanol–water partition coefficient (Wildman–Crippen LogP) is 2.23. The standard InChI is InChI=1S/C12H17F3N2O2S2/c1-17(8-12(13,14)15)21(18,19)11-5-4-10(20-11)6-7-16-9-2-3-9/h4-5,9,16H,2-3,6-8H2,1H3. The maximum Gasteiger partial charge on any atom is 0.402 e. The first-order valence-electron chi connectivity index (χ1n) is 6.54. The second-order valence-electron chi connectivity index (χ2n) is 5.08. The van der Waals surface area contributed by atoms with E-state index in [1.54, 1.807) is 6.07 Å². The fraction of sp³-hybridized carbons (Fsp3) is 0.667. The summed E-state index contributed by atoms with van der Waals surface area (Å²) < 4.78 is 61.2. The lowest BCUT2D eigenvalue weighted by Crippen LogP contribution is -2.35. The summed E-state index contributed by atoms with van der Waals surface area (Å²) in [6, 6.07) is 3.61. The predicted molar refractivity (Wildman–Crippen MR) is 74.9 cm³/mol. The molecule has 0 saturated heterocycles. The summed E-state index contributed by atoms with van der Waals surface area (Å²) in [5.41, 5.74) is 0. The van der Waals surface area contributed by atoms with Crippen molar-refractivity contribution in [3.63, 3.8) is 0 Å². The van der Waals surface area contributed by atoms with Gasteiger partial charge in [0.2, 0.25) is 0 Å². The van der Waals surface area contributed by atoms with E-state index in [1.807, 2.05) is 0 Å². The molecule has 1 aliphatic carbocycles.